The van der Waals surface area contributed by atoms with Crippen LogP contribution < -0.4 is 16.3 Å². The van der Waals surface area contributed by atoms with Crippen molar-refractivity contribution in [1.82, 2.24) is 9.69 Å². The van der Waals surface area contributed by atoms with E-state index < -0.39 is 0 Å². The highest BCUT2D eigenvalue weighted by Gasteiger charge is 2.31. The number of nitrogens with two attached hydrogens (primary N) is 2. The van der Waals surface area contributed by atoms with E-state index in [0.29, 0.717) is 25.2 Å². The van der Waals surface area contributed by atoms with Gasteiger partial charge >= 0.3 is 0 Å². The lowest BCUT2D eigenvalue weighted by molar-refractivity contribution is 0.0131. The fraction of sp³-hybridized carbons (Fsp3) is 0.481. The van der Waals surface area contributed by atoms with E-state index in [0.717, 1.165) is 58.7 Å². The Kier molecular flexibility index (Phi) is 6.80. The first-order chi connectivity index (χ1) is 17.1. The first kappa shape index (κ1) is 23.5. The van der Waals surface area contributed by atoms with Gasteiger partial charge in [0.15, 0.2) is 0 Å². The summed E-state index contributed by atoms with van der Waals surface area (Å²) in [7, 11) is 0. The molecule has 0 aliphatic heterocycles. The number of nitrogens with zero attached hydrogens (tertiary/aromatic N) is 4. The van der Waals surface area contributed by atoms with Gasteiger partial charge in [0.25, 0.3) is 0 Å². The molecule has 0 spiro atoms. The molecule has 1 heterocycles. The third-order valence-corrected chi connectivity index (χ3v) is 7.10. The Balaban J connectivity index is 1.41. The van der Waals surface area contributed by atoms with Gasteiger partial charge in [-0.1, -0.05) is 18.2 Å². The highest BCUT2D eigenvalue weighted by Crippen LogP contribution is 2.40. The van der Waals surface area contributed by atoms with Crippen LogP contribution in [0.2, 0.25) is 0 Å². The Bertz CT molecular complexity index is 1200. The topological polar surface area (TPSA) is 115 Å². The van der Waals surface area contributed by atoms with Gasteiger partial charge < -0.3 is 19.8 Å². The van der Waals surface area contributed by atoms with Crippen LogP contribution in [0.4, 0.5) is 0 Å². The zero-order chi connectivity index (χ0) is 24.4. The van der Waals surface area contributed by atoms with Gasteiger partial charge in [-0.25, -0.2) is 11.0 Å². The molecule has 2 unspecified atom stereocenters. The molecule has 0 bridgehead atoms. The van der Waals surface area contributed by atoms with Crippen molar-refractivity contribution in [2.75, 3.05) is 13.2 Å². The average Bonchev–Trinajstić information content (AvgIpc) is 3.78. The first-order valence-electron chi connectivity index (χ1n) is 12.6. The number of ether oxygens (including phenoxy) is 2. The second-order valence-electron chi connectivity index (χ2n) is 9.82. The number of nitriles is 1. The fourth-order valence-corrected chi connectivity index (χ4v) is 4.81. The van der Waals surface area contributed by atoms with Crippen LogP contribution in [-0.4, -0.2) is 41.4 Å². The molecule has 2 atom stereocenters. The van der Waals surface area contributed by atoms with E-state index in [2.05, 4.69) is 40.9 Å². The zero-order valence-electron chi connectivity index (χ0n) is 20.3. The second kappa shape index (κ2) is 10.1. The number of benzene rings is 1. The molecule has 4 N–H and O–H groups in total. The van der Waals surface area contributed by atoms with E-state index in [1.54, 1.807) is 0 Å². The minimum atomic E-state index is 0.104. The van der Waals surface area contributed by atoms with E-state index in [4.69, 9.17) is 21.1 Å². The van der Waals surface area contributed by atoms with Crippen LogP contribution >= 0.6 is 0 Å². The standard InChI is InChI=1S/C27H34N6O2/c1-18(20-4-5-20)35-22-8-6-21(7-9-22)27-25(15-28)24-11-10-23(34-13-12-33(30)31-17-29)14-26(24)32(27)16-19-2-3-19/h6-8,10-11,14,17-20,22H,2-5,9,12-13,16,30H2,1H3,(H2,29,31). The normalized spacial score (nSPS) is 20.7. The smallest absolute Gasteiger partial charge is 0.121 e. The van der Waals surface area contributed by atoms with Crippen molar-refractivity contribution in [3.8, 4) is 11.8 Å². The lowest BCUT2D eigenvalue weighted by Crippen LogP contribution is -2.30. The Labute approximate surface area is 206 Å². The summed E-state index contributed by atoms with van der Waals surface area (Å²) in [6.45, 7) is 3.86. The van der Waals surface area contributed by atoms with Crippen LogP contribution in [0.15, 0.2) is 41.5 Å². The third kappa shape index (κ3) is 5.37. The molecule has 3 aliphatic rings. The molecule has 1 aromatic carbocycles. The van der Waals surface area contributed by atoms with Crippen molar-refractivity contribution in [3.63, 3.8) is 0 Å². The number of fused-ring (bicyclic) bond motifs is 1. The van der Waals surface area contributed by atoms with Gasteiger partial charge in [0.05, 0.1) is 35.5 Å². The van der Waals surface area contributed by atoms with E-state index in [9.17, 15) is 5.26 Å². The number of hydrazone groups is 1. The zero-order valence-corrected chi connectivity index (χ0v) is 20.3. The molecular weight excluding hydrogens is 440 g/mol. The van der Waals surface area contributed by atoms with Crippen molar-refractivity contribution in [1.29, 1.82) is 5.26 Å². The van der Waals surface area contributed by atoms with Crippen molar-refractivity contribution in [3.05, 3.63) is 47.7 Å². The quantitative estimate of drug-likeness (QED) is 0.221. The van der Waals surface area contributed by atoms with Crippen molar-refractivity contribution < 1.29 is 9.47 Å². The summed E-state index contributed by atoms with van der Waals surface area (Å²) in [5.41, 5.74) is 9.12. The molecule has 2 fully saturated rings. The molecule has 8 heteroatoms. The van der Waals surface area contributed by atoms with Gasteiger partial charge in [-0.3, -0.25) is 0 Å². The highest BCUT2D eigenvalue weighted by atomic mass is 16.5. The molecule has 5 rings (SSSR count). The molecule has 2 saturated carbocycles. The van der Waals surface area contributed by atoms with Crippen LogP contribution in [0.3, 0.4) is 0 Å². The predicted octanol–water partition coefficient (Wildman–Crippen LogP) is 3.91. The molecular formula is C27H34N6O2. The van der Waals surface area contributed by atoms with E-state index in [1.807, 2.05) is 18.2 Å². The van der Waals surface area contributed by atoms with Gasteiger partial charge in [-0.05, 0) is 68.6 Å². The Hall–Kier alpha value is -3.28. The number of allylic oxidation sites excluding steroid dienone is 2. The minimum absolute atomic E-state index is 0.104. The molecule has 1 aromatic heterocycles. The maximum Gasteiger partial charge on any atom is 0.121 e. The van der Waals surface area contributed by atoms with Crippen LogP contribution in [0.1, 0.15) is 50.3 Å². The summed E-state index contributed by atoms with van der Waals surface area (Å²) >= 11 is 0. The summed E-state index contributed by atoms with van der Waals surface area (Å²) in [6.07, 6.45) is 13.9. The molecule has 3 aliphatic carbocycles. The molecule has 2 aromatic rings. The number of hydrogen-bond donors (Lipinski definition) is 2. The van der Waals surface area contributed by atoms with Gasteiger partial charge in [-0.15, -0.1) is 0 Å². The number of hydrogen-bond acceptors (Lipinski definition) is 6. The largest absolute Gasteiger partial charge is 0.492 e. The van der Waals surface area contributed by atoms with Gasteiger partial charge in [0.2, 0.25) is 0 Å². The number of rotatable bonds is 11. The summed E-state index contributed by atoms with van der Waals surface area (Å²) in [5, 5.41) is 16.1. The molecule has 0 saturated heterocycles. The van der Waals surface area contributed by atoms with Crippen LogP contribution in [0.5, 0.6) is 5.75 Å². The van der Waals surface area contributed by atoms with Crippen LogP contribution in [-0.2, 0) is 11.3 Å². The number of hydrazine groups is 1. The van der Waals surface area contributed by atoms with Crippen LogP contribution in [0.25, 0.3) is 16.5 Å². The minimum Gasteiger partial charge on any atom is -0.492 e. The summed E-state index contributed by atoms with van der Waals surface area (Å²) in [6, 6.07) is 8.43. The number of aromatic nitrogens is 1. The second-order valence-corrected chi connectivity index (χ2v) is 9.82. The van der Waals surface area contributed by atoms with Crippen molar-refractivity contribution >= 4 is 22.8 Å². The lowest BCUT2D eigenvalue weighted by Gasteiger charge is -2.22. The Morgan fingerprint density at radius 1 is 1.31 bits per heavy atom. The molecule has 0 amide bonds. The lowest BCUT2D eigenvalue weighted by atomic mass is 9.99. The van der Waals surface area contributed by atoms with Gasteiger partial charge in [0.1, 0.15) is 24.8 Å². The average molecular weight is 475 g/mol. The maximum absolute atomic E-state index is 10.2. The Morgan fingerprint density at radius 3 is 2.80 bits per heavy atom. The fourth-order valence-electron chi connectivity index (χ4n) is 4.81. The maximum atomic E-state index is 10.2. The van der Waals surface area contributed by atoms with Crippen LogP contribution in [0, 0.1) is 23.2 Å². The monoisotopic (exact) mass is 474 g/mol. The van der Waals surface area contributed by atoms with Gasteiger partial charge in [-0.2, -0.15) is 10.4 Å². The van der Waals surface area contributed by atoms with E-state index in [-0.39, 0.29) is 6.10 Å². The first-order valence-corrected chi connectivity index (χ1v) is 12.6. The van der Waals surface area contributed by atoms with Crippen molar-refractivity contribution in [2.24, 2.45) is 28.5 Å². The third-order valence-electron chi connectivity index (χ3n) is 7.10. The Morgan fingerprint density at radius 2 is 2.14 bits per heavy atom. The molecule has 35 heavy (non-hydrogen) atoms. The summed E-state index contributed by atoms with van der Waals surface area (Å²) in [5.74, 6) is 7.83. The molecule has 8 nitrogen and oxygen atoms in total. The van der Waals surface area contributed by atoms with Gasteiger partial charge in [0, 0.05) is 18.0 Å². The van der Waals surface area contributed by atoms with E-state index in [1.165, 1.54) is 30.8 Å². The van der Waals surface area contributed by atoms with E-state index >= 15 is 0 Å². The molecule has 0 radical (unpaired) electrons. The highest BCUT2D eigenvalue weighted by molar-refractivity contribution is 5.95. The molecule has 184 valence electrons. The SMILES string of the molecule is CC(OC1C=CC(c2c(C#N)c3ccc(OCCN(N)/N=C\N)cc3n2CC2CC2)=CC1)C1CC1. The predicted molar refractivity (Wildman–Crippen MR) is 137 cm³/mol. The summed E-state index contributed by atoms with van der Waals surface area (Å²) in [4.78, 5) is 0. The van der Waals surface area contributed by atoms with Crippen molar-refractivity contribution in [2.45, 2.75) is 57.8 Å². The summed E-state index contributed by atoms with van der Waals surface area (Å²) < 4.78 is 14.5.